The van der Waals surface area contributed by atoms with Gasteiger partial charge in [0.05, 0.1) is 11.7 Å². The molecule has 1 aliphatic rings. The molecule has 25 heavy (non-hydrogen) atoms. The van der Waals surface area contributed by atoms with Crippen LogP contribution in [0.3, 0.4) is 0 Å². The number of alkyl halides is 3. The number of nitrogens with zero attached hydrogens (tertiary/aromatic N) is 2. The molecular weight excluding hydrogens is 331 g/mol. The maximum absolute atomic E-state index is 13.3. The van der Waals surface area contributed by atoms with Crippen LogP contribution in [0.1, 0.15) is 55.2 Å². The molecule has 4 nitrogen and oxygen atoms in total. The molecule has 1 unspecified atom stereocenters. The Morgan fingerprint density at radius 1 is 1.20 bits per heavy atom. The maximum Gasteiger partial charge on any atom is 0.435 e. The van der Waals surface area contributed by atoms with E-state index in [1.807, 2.05) is 6.92 Å². The highest BCUT2D eigenvalue weighted by atomic mass is 19.4. The number of benzene rings is 1. The highest BCUT2D eigenvalue weighted by molar-refractivity contribution is 5.73. The molecule has 1 heterocycles. The summed E-state index contributed by atoms with van der Waals surface area (Å²) in [6, 6.07) is 6.94. The number of hydrogen-bond acceptors (Lipinski definition) is 2. The van der Waals surface area contributed by atoms with Gasteiger partial charge in [0.1, 0.15) is 0 Å². The number of fused-ring (bicyclic) bond motifs is 1. The molecule has 1 aromatic heterocycles. The van der Waals surface area contributed by atoms with Crippen molar-refractivity contribution >= 4 is 5.91 Å². The van der Waals surface area contributed by atoms with Crippen molar-refractivity contribution in [2.24, 2.45) is 0 Å². The van der Waals surface area contributed by atoms with Gasteiger partial charge in [-0.1, -0.05) is 12.1 Å². The molecule has 0 saturated carbocycles. The Hall–Kier alpha value is -2.31. The Balaban J connectivity index is 1.97. The van der Waals surface area contributed by atoms with E-state index in [1.54, 1.807) is 24.3 Å². The zero-order valence-electron chi connectivity index (χ0n) is 14.2. The van der Waals surface area contributed by atoms with Crippen molar-refractivity contribution in [2.45, 2.75) is 51.7 Å². The Bertz CT molecular complexity index is 778. The first kappa shape index (κ1) is 17.5. The van der Waals surface area contributed by atoms with Gasteiger partial charge in [0.15, 0.2) is 5.69 Å². The lowest BCUT2D eigenvalue weighted by molar-refractivity contribution is -0.142. The van der Waals surface area contributed by atoms with Crippen molar-refractivity contribution < 1.29 is 18.0 Å². The summed E-state index contributed by atoms with van der Waals surface area (Å²) in [6.07, 6.45) is -1.79. The van der Waals surface area contributed by atoms with Gasteiger partial charge in [0.25, 0.3) is 0 Å². The van der Waals surface area contributed by atoms with Gasteiger partial charge in [-0.15, -0.1) is 0 Å². The Labute approximate surface area is 144 Å². The first-order valence-corrected chi connectivity index (χ1v) is 8.33. The molecule has 0 fully saturated rings. The zero-order chi connectivity index (χ0) is 18.2. The minimum atomic E-state index is -4.44. The summed E-state index contributed by atoms with van der Waals surface area (Å²) < 4.78 is 41.3. The fourth-order valence-electron chi connectivity index (χ4n) is 3.33. The number of carbonyl (C=O) groups is 1. The second-order valence-corrected chi connectivity index (χ2v) is 6.40. The van der Waals surface area contributed by atoms with Crippen LogP contribution in [0.5, 0.6) is 0 Å². The molecular formula is C18H20F3N3O. The molecule has 0 aliphatic heterocycles. The van der Waals surface area contributed by atoms with Crippen molar-refractivity contribution in [2.75, 3.05) is 0 Å². The van der Waals surface area contributed by atoms with Crippen LogP contribution in [0.25, 0.3) is 5.69 Å². The third kappa shape index (κ3) is 3.55. The van der Waals surface area contributed by atoms with Crippen molar-refractivity contribution in [3.8, 4) is 5.69 Å². The van der Waals surface area contributed by atoms with Gasteiger partial charge in [0, 0.05) is 18.2 Å². The summed E-state index contributed by atoms with van der Waals surface area (Å²) in [7, 11) is 0. The van der Waals surface area contributed by atoms with Crippen LogP contribution in [0.2, 0.25) is 0 Å². The van der Waals surface area contributed by atoms with Gasteiger partial charge < -0.3 is 5.32 Å². The fraction of sp³-hybridized carbons (Fsp3) is 0.444. The van der Waals surface area contributed by atoms with Crippen molar-refractivity contribution in [1.82, 2.24) is 15.1 Å². The summed E-state index contributed by atoms with van der Waals surface area (Å²) in [5.41, 5.74) is 1.71. The van der Waals surface area contributed by atoms with Crippen LogP contribution < -0.4 is 5.32 Å². The topological polar surface area (TPSA) is 46.9 Å². The average Bonchev–Trinajstić information content (AvgIpc) is 2.94. The number of nitrogens with one attached hydrogen (secondary N) is 1. The van der Waals surface area contributed by atoms with E-state index >= 15 is 0 Å². The molecule has 0 radical (unpaired) electrons. The molecule has 0 spiro atoms. The van der Waals surface area contributed by atoms with E-state index in [0.717, 1.165) is 18.4 Å². The predicted molar refractivity (Wildman–Crippen MR) is 87.4 cm³/mol. The van der Waals surface area contributed by atoms with E-state index in [-0.39, 0.29) is 11.9 Å². The van der Waals surface area contributed by atoms with E-state index in [9.17, 15) is 18.0 Å². The van der Waals surface area contributed by atoms with E-state index < -0.39 is 11.9 Å². The molecule has 1 N–H and O–H groups in total. The first-order valence-electron chi connectivity index (χ1n) is 8.33. The Kier molecular flexibility index (Phi) is 4.58. The molecule has 1 aromatic carbocycles. The van der Waals surface area contributed by atoms with Crippen molar-refractivity contribution in [1.29, 1.82) is 0 Å². The third-order valence-electron chi connectivity index (χ3n) is 4.51. The largest absolute Gasteiger partial charge is 0.435 e. The lowest BCUT2D eigenvalue weighted by Crippen LogP contribution is -2.23. The van der Waals surface area contributed by atoms with Gasteiger partial charge in [-0.3, -0.25) is 4.79 Å². The zero-order valence-corrected chi connectivity index (χ0v) is 14.2. The van der Waals surface area contributed by atoms with Crippen molar-refractivity contribution in [3.05, 3.63) is 46.8 Å². The fourth-order valence-corrected chi connectivity index (χ4v) is 3.33. The lowest BCUT2D eigenvalue weighted by atomic mass is 9.95. The molecule has 1 amide bonds. The van der Waals surface area contributed by atoms with Gasteiger partial charge >= 0.3 is 6.18 Å². The van der Waals surface area contributed by atoms with Crippen LogP contribution in [0.4, 0.5) is 13.2 Å². The first-order chi connectivity index (χ1) is 11.8. The number of aromatic nitrogens is 2. The summed E-state index contributed by atoms with van der Waals surface area (Å²) in [5, 5.41) is 6.66. The minimum absolute atomic E-state index is 0.132. The number of hydrogen-bond donors (Lipinski definition) is 1. The highest BCUT2D eigenvalue weighted by Gasteiger charge is 2.39. The molecule has 134 valence electrons. The number of carbonyl (C=O) groups excluding carboxylic acids is 1. The van der Waals surface area contributed by atoms with Crippen LogP contribution in [-0.4, -0.2) is 15.7 Å². The molecule has 0 bridgehead atoms. The lowest BCUT2D eigenvalue weighted by Gasteiger charge is -2.16. The third-order valence-corrected chi connectivity index (χ3v) is 4.51. The highest BCUT2D eigenvalue weighted by Crippen LogP contribution is 2.36. The second kappa shape index (κ2) is 6.54. The molecule has 1 aliphatic carbocycles. The van der Waals surface area contributed by atoms with Gasteiger partial charge in [-0.2, -0.15) is 18.3 Å². The number of halogens is 3. The van der Waals surface area contributed by atoms with Gasteiger partial charge in [-0.25, -0.2) is 4.68 Å². The van der Waals surface area contributed by atoms with Gasteiger partial charge in [0.2, 0.25) is 5.91 Å². The number of amides is 1. The molecule has 2 aromatic rings. The predicted octanol–water partition coefficient (Wildman–Crippen LogP) is 3.97. The summed E-state index contributed by atoms with van der Waals surface area (Å²) in [6.45, 7) is 3.30. The van der Waals surface area contributed by atoms with Gasteiger partial charge in [-0.05, 0) is 50.3 Å². The Morgan fingerprint density at radius 3 is 2.44 bits per heavy atom. The average molecular weight is 351 g/mol. The van der Waals surface area contributed by atoms with Crippen LogP contribution >= 0.6 is 0 Å². The maximum atomic E-state index is 13.3. The molecule has 1 atom stereocenters. The summed E-state index contributed by atoms with van der Waals surface area (Å²) in [5.74, 6) is -0.132. The standard InChI is InChI=1S/C18H20F3N3O/c1-11(22-12(2)25)13-7-9-14(10-8-13)24-16-6-4-3-5-15(16)17(23-24)18(19,20)21/h7-11H,3-6H2,1-2H3,(H,22,25). The summed E-state index contributed by atoms with van der Waals surface area (Å²) in [4.78, 5) is 11.1. The van der Waals surface area contributed by atoms with E-state index in [2.05, 4.69) is 10.4 Å². The molecule has 3 rings (SSSR count). The normalized spacial score (nSPS) is 15.6. The van der Waals surface area contributed by atoms with E-state index in [0.29, 0.717) is 29.8 Å². The van der Waals surface area contributed by atoms with E-state index in [1.165, 1.54) is 11.6 Å². The van der Waals surface area contributed by atoms with Crippen molar-refractivity contribution in [3.63, 3.8) is 0 Å². The SMILES string of the molecule is CC(=O)NC(C)c1ccc(-n2nc(C(F)(F)F)c3c2CCCC3)cc1. The minimum Gasteiger partial charge on any atom is -0.350 e. The second-order valence-electron chi connectivity index (χ2n) is 6.40. The monoisotopic (exact) mass is 351 g/mol. The summed E-state index contributed by atoms with van der Waals surface area (Å²) >= 11 is 0. The molecule has 7 heteroatoms. The van der Waals surface area contributed by atoms with Crippen LogP contribution in [0, 0.1) is 0 Å². The van der Waals surface area contributed by atoms with Crippen LogP contribution in [-0.2, 0) is 23.8 Å². The number of rotatable bonds is 3. The quantitative estimate of drug-likeness (QED) is 0.910. The molecule has 0 saturated heterocycles. The van der Waals surface area contributed by atoms with Crippen LogP contribution in [0.15, 0.2) is 24.3 Å². The van der Waals surface area contributed by atoms with E-state index in [4.69, 9.17) is 0 Å². The smallest absolute Gasteiger partial charge is 0.350 e. The Morgan fingerprint density at radius 2 is 1.84 bits per heavy atom.